The van der Waals surface area contributed by atoms with Crippen LogP contribution in [0.4, 0.5) is 11.4 Å². The molecule has 0 radical (unpaired) electrons. The zero-order chi connectivity index (χ0) is 17.1. The molecule has 2 atom stereocenters. The van der Waals surface area contributed by atoms with Crippen molar-refractivity contribution in [2.75, 3.05) is 10.6 Å². The Morgan fingerprint density at radius 2 is 1.75 bits per heavy atom. The Labute approximate surface area is 149 Å². The van der Waals surface area contributed by atoms with Gasteiger partial charge in [0.15, 0.2) is 0 Å². The first-order valence-corrected chi connectivity index (χ1v) is 8.48. The molecule has 126 valence electrons. The van der Waals surface area contributed by atoms with Crippen molar-refractivity contribution in [3.05, 3.63) is 58.1 Å². The van der Waals surface area contributed by atoms with E-state index in [1.165, 1.54) is 5.56 Å². The molecular formula is C17H20BrN5O. The van der Waals surface area contributed by atoms with Crippen molar-refractivity contribution < 1.29 is 4.79 Å². The van der Waals surface area contributed by atoms with E-state index < -0.39 is 6.04 Å². The minimum atomic E-state index is -0.463. The minimum absolute atomic E-state index is 0.126. The van der Waals surface area contributed by atoms with Crippen molar-refractivity contribution in [3.63, 3.8) is 0 Å². The quantitative estimate of drug-likeness (QED) is 0.555. The highest BCUT2D eigenvalue weighted by atomic mass is 79.9. The number of rotatable bonds is 4. The molecule has 1 aliphatic heterocycles. The fourth-order valence-corrected chi connectivity index (χ4v) is 2.72. The fraction of sp³-hybridized carbons (Fsp3) is 0.235. The average Bonchev–Trinajstić information content (AvgIpc) is 3.01. The highest BCUT2D eigenvalue weighted by Crippen LogP contribution is 2.20. The number of hydrazine groups is 2. The van der Waals surface area contributed by atoms with E-state index >= 15 is 0 Å². The lowest BCUT2D eigenvalue weighted by molar-refractivity contribution is -0.118. The molecule has 5 N–H and O–H groups in total. The predicted octanol–water partition coefficient (Wildman–Crippen LogP) is 2.42. The predicted molar refractivity (Wildman–Crippen MR) is 99.3 cm³/mol. The van der Waals surface area contributed by atoms with Gasteiger partial charge in [-0.3, -0.25) is 4.79 Å². The second-order valence-corrected chi connectivity index (χ2v) is 6.69. The summed E-state index contributed by atoms with van der Waals surface area (Å²) >= 11 is 3.46. The first-order valence-electron chi connectivity index (χ1n) is 7.69. The summed E-state index contributed by atoms with van der Waals surface area (Å²) in [5.41, 5.74) is 12.7. The van der Waals surface area contributed by atoms with Crippen LogP contribution in [0, 0.1) is 13.8 Å². The molecule has 0 saturated carbocycles. The lowest BCUT2D eigenvalue weighted by Crippen LogP contribution is -2.47. The summed E-state index contributed by atoms with van der Waals surface area (Å²) < 4.78 is 1.02. The maximum absolute atomic E-state index is 12.6. The summed E-state index contributed by atoms with van der Waals surface area (Å²) in [7, 11) is 0. The highest BCUT2D eigenvalue weighted by molar-refractivity contribution is 9.10. The molecule has 1 fully saturated rings. The lowest BCUT2D eigenvalue weighted by Gasteiger charge is -2.20. The largest absolute Gasteiger partial charge is 0.367 e. The Balaban J connectivity index is 1.66. The van der Waals surface area contributed by atoms with Crippen LogP contribution in [-0.4, -0.2) is 18.1 Å². The van der Waals surface area contributed by atoms with Gasteiger partial charge in [-0.25, -0.2) is 10.9 Å². The van der Waals surface area contributed by atoms with Gasteiger partial charge in [0, 0.05) is 15.8 Å². The van der Waals surface area contributed by atoms with Gasteiger partial charge in [0.1, 0.15) is 12.2 Å². The van der Waals surface area contributed by atoms with Gasteiger partial charge in [-0.1, -0.05) is 33.6 Å². The van der Waals surface area contributed by atoms with Gasteiger partial charge in [0.2, 0.25) is 5.91 Å². The van der Waals surface area contributed by atoms with Crippen LogP contribution < -0.4 is 27.0 Å². The third-order valence-electron chi connectivity index (χ3n) is 3.87. The van der Waals surface area contributed by atoms with E-state index in [2.05, 4.69) is 42.9 Å². The van der Waals surface area contributed by atoms with Crippen molar-refractivity contribution in [3.8, 4) is 0 Å². The fourth-order valence-electron chi connectivity index (χ4n) is 2.47. The number of benzene rings is 2. The Bertz CT molecular complexity index is 734. The van der Waals surface area contributed by atoms with Gasteiger partial charge in [0.05, 0.1) is 0 Å². The molecule has 1 aliphatic rings. The molecule has 1 heterocycles. The Morgan fingerprint density at radius 3 is 2.46 bits per heavy atom. The minimum Gasteiger partial charge on any atom is -0.367 e. The van der Waals surface area contributed by atoms with Crippen molar-refractivity contribution in [1.82, 2.24) is 16.4 Å². The maximum atomic E-state index is 12.6. The number of anilines is 2. The molecule has 2 aromatic rings. The van der Waals surface area contributed by atoms with Gasteiger partial charge in [-0.2, -0.15) is 5.53 Å². The first-order chi connectivity index (χ1) is 11.5. The SMILES string of the molecule is Cc1ccc(NC2NNNC2C(=O)Nc2ccc(Br)c(C)c2)cc1. The van der Waals surface area contributed by atoms with Crippen LogP contribution in [-0.2, 0) is 4.79 Å². The van der Waals surface area contributed by atoms with Gasteiger partial charge >= 0.3 is 0 Å². The Morgan fingerprint density at radius 1 is 1.04 bits per heavy atom. The van der Waals surface area contributed by atoms with Crippen LogP contribution in [0.1, 0.15) is 11.1 Å². The normalized spacial score (nSPS) is 20.0. The monoisotopic (exact) mass is 389 g/mol. The molecule has 0 aliphatic carbocycles. The lowest BCUT2D eigenvalue weighted by atomic mass is 10.1. The van der Waals surface area contributed by atoms with E-state index in [0.29, 0.717) is 0 Å². The molecule has 0 spiro atoms. The van der Waals surface area contributed by atoms with Gasteiger partial charge < -0.3 is 10.6 Å². The molecule has 6 nitrogen and oxygen atoms in total. The number of aryl methyl sites for hydroxylation is 2. The second-order valence-electron chi connectivity index (χ2n) is 5.83. The zero-order valence-corrected chi connectivity index (χ0v) is 15.1. The van der Waals surface area contributed by atoms with Crippen molar-refractivity contribution in [1.29, 1.82) is 0 Å². The zero-order valence-electron chi connectivity index (χ0n) is 13.5. The van der Waals surface area contributed by atoms with Crippen LogP contribution in [0.2, 0.25) is 0 Å². The summed E-state index contributed by atoms with van der Waals surface area (Å²) in [6.45, 7) is 4.02. The van der Waals surface area contributed by atoms with Gasteiger partial charge in [-0.15, -0.1) is 0 Å². The molecule has 7 heteroatoms. The highest BCUT2D eigenvalue weighted by Gasteiger charge is 2.32. The average molecular weight is 390 g/mol. The molecule has 0 bridgehead atoms. The van der Waals surface area contributed by atoms with Crippen LogP contribution in [0.15, 0.2) is 46.9 Å². The number of carbonyl (C=O) groups is 1. The number of nitrogens with one attached hydrogen (secondary N) is 5. The molecular weight excluding hydrogens is 370 g/mol. The van der Waals surface area contributed by atoms with Crippen LogP contribution in [0.25, 0.3) is 0 Å². The third-order valence-corrected chi connectivity index (χ3v) is 4.76. The van der Waals surface area contributed by atoms with Crippen molar-refractivity contribution in [2.24, 2.45) is 0 Å². The number of hydrogen-bond acceptors (Lipinski definition) is 5. The summed E-state index contributed by atoms with van der Waals surface area (Å²) in [4.78, 5) is 12.6. The topological polar surface area (TPSA) is 77.2 Å². The second kappa shape index (κ2) is 7.31. The van der Waals surface area contributed by atoms with Gasteiger partial charge in [-0.05, 0) is 49.7 Å². The number of hydrogen-bond donors (Lipinski definition) is 5. The third kappa shape index (κ3) is 3.93. The van der Waals surface area contributed by atoms with E-state index in [1.54, 1.807) is 0 Å². The van der Waals surface area contributed by atoms with E-state index in [9.17, 15) is 4.79 Å². The smallest absolute Gasteiger partial charge is 0.246 e. The molecule has 3 rings (SSSR count). The van der Waals surface area contributed by atoms with Crippen LogP contribution in [0.3, 0.4) is 0 Å². The van der Waals surface area contributed by atoms with Gasteiger partial charge in [0.25, 0.3) is 0 Å². The molecule has 2 unspecified atom stereocenters. The van der Waals surface area contributed by atoms with Crippen molar-refractivity contribution in [2.45, 2.75) is 26.1 Å². The standard InChI is InChI=1S/C17H20BrN5O/c1-10-3-5-12(6-4-10)19-16-15(21-23-22-16)17(24)20-13-7-8-14(18)11(2)9-13/h3-9,15-16,19,21-23H,1-2H3,(H,20,24). The molecule has 2 aromatic carbocycles. The maximum Gasteiger partial charge on any atom is 0.246 e. The van der Waals surface area contributed by atoms with Crippen LogP contribution in [0.5, 0.6) is 0 Å². The van der Waals surface area contributed by atoms with Crippen molar-refractivity contribution >= 4 is 33.2 Å². The summed E-state index contributed by atoms with van der Waals surface area (Å²) in [6.07, 6.45) is -0.274. The van der Waals surface area contributed by atoms with E-state index in [1.807, 2.05) is 56.3 Å². The van der Waals surface area contributed by atoms with E-state index in [4.69, 9.17) is 0 Å². The number of amides is 1. The summed E-state index contributed by atoms with van der Waals surface area (Å²) in [5.74, 6) is -0.126. The number of halogens is 1. The van der Waals surface area contributed by atoms with Crippen LogP contribution >= 0.6 is 15.9 Å². The molecule has 24 heavy (non-hydrogen) atoms. The summed E-state index contributed by atoms with van der Waals surface area (Å²) in [5, 5.41) is 6.24. The van der Waals surface area contributed by atoms with E-state index in [-0.39, 0.29) is 12.1 Å². The molecule has 1 amide bonds. The first kappa shape index (κ1) is 16.9. The van der Waals surface area contributed by atoms with E-state index in [0.717, 1.165) is 21.4 Å². The summed E-state index contributed by atoms with van der Waals surface area (Å²) in [6, 6.07) is 13.3. The molecule has 1 saturated heterocycles. The Hall–Kier alpha value is -1.93. The number of carbonyl (C=O) groups excluding carboxylic acids is 1. The Kier molecular flexibility index (Phi) is 5.15. The molecule has 0 aromatic heterocycles.